The molecule has 3 amide bonds. The van der Waals surface area contributed by atoms with Crippen LogP contribution in [0, 0.1) is 5.92 Å². The van der Waals surface area contributed by atoms with Crippen LogP contribution in [0.15, 0.2) is 12.5 Å². The Balaban J connectivity index is 2.60. The summed E-state index contributed by atoms with van der Waals surface area (Å²) in [5.74, 6) is -2.76. The first-order valence-corrected chi connectivity index (χ1v) is 10.7. The van der Waals surface area contributed by atoms with E-state index in [0.717, 1.165) is 0 Å². The number of hydrogen-bond acceptors (Lipinski definition) is 7. The second-order valence-corrected chi connectivity index (χ2v) is 8.04. The van der Waals surface area contributed by atoms with Crippen molar-refractivity contribution < 1.29 is 24.3 Å². The largest absolute Gasteiger partial charge is 0.480 e. The van der Waals surface area contributed by atoms with E-state index in [-0.39, 0.29) is 18.8 Å². The first-order chi connectivity index (χ1) is 15.1. The Morgan fingerprint density at radius 2 is 1.84 bits per heavy atom. The Bertz CT molecular complexity index is 739. The van der Waals surface area contributed by atoms with Crippen LogP contribution < -0.4 is 27.4 Å². The zero-order valence-corrected chi connectivity index (χ0v) is 18.6. The van der Waals surface area contributed by atoms with E-state index in [1.54, 1.807) is 6.20 Å². The van der Waals surface area contributed by atoms with Crippen LogP contribution in [0.5, 0.6) is 0 Å². The van der Waals surface area contributed by atoms with Gasteiger partial charge in [0.15, 0.2) is 0 Å². The minimum absolute atomic E-state index is 0.0858. The molecule has 0 aromatic carbocycles. The summed E-state index contributed by atoms with van der Waals surface area (Å²) in [4.78, 5) is 55.2. The van der Waals surface area contributed by atoms with Gasteiger partial charge in [0.1, 0.15) is 12.1 Å². The molecule has 1 aromatic heterocycles. The number of aromatic amines is 1. The fraction of sp³-hybridized carbons (Fsp3) is 0.650. The molecule has 1 aromatic rings. The first-order valence-electron chi connectivity index (χ1n) is 10.7. The highest BCUT2D eigenvalue weighted by atomic mass is 16.4. The minimum Gasteiger partial charge on any atom is -0.480 e. The maximum absolute atomic E-state index is 12.6. The maximum Gasteiger partial charge on any atom is 0.326 e. The number of carbonyl (C=O) groups excluding carboxylic acids is 3. The van der Waals surface area contributed by atoms with E-state index < -0.39 is 48.4 Å². The summed E-state index contributed by atoms with van der Waals surface area (Å²) in [5.41, 5.74) is 12.0. The molecule has 9 N–H and O–H groups in total. The van der Waals surface area contributed by atoms with Crippen LogP contribution in [0.25, 0.3) is 0 Å². The van der Waals surface area contributed by atoms with Gasteiger partial charge < -0.3 is 37.5 Å². The predicted molar refractivity (Wildman–Crippen MR) is 117 cm³/mol. The van der Waals surface area contributed by atoms with Crippen molar-refractivity contribution in [2.24, 2.45) is 17.4 Å². The number of imidazole rings is 1. The Morgan fingerprint density at radius 3 is 2.41 bits per heavy atom. The highest BCUT2D eigenvalue weighted by Crippen LogP contribution is 2.06. The van der Waals surface area contributed by atoms with Crippen LogP contribution in [-0.2, 0) is 25.6 Å². The van der Waals surface area contributed by atoms with Crippen molar-refractivity contribution in [2.45, 2.75) is 64.1 Å². The molecule has 0 saturated heterocycles. The number of unbranched alkanes of at least 4 members (excludes halogenated alkanes) is 1. The number of aliphatic carboxylic acids is 1. The number of carbonyl (C=O) groups is 4. The topological polar surface area (TPSA) is 205 Å². The van der Waals surface area contributed by atoms with E-state index in [1.165, 1.54) is 6.33 Å². The third kappa shape index (κ3) is 10.4. The molecular weight excluding hydrogens is 418 g/mol. The van der Waals surface area contributed by atoms with E-state index in [1.807, 2.05) is 13.8 Å². The minimum atomic E-state index is -1.15. The molecule has 3 unspecified atom stereocenters. The summed E-state index contributed by atoms with van der Waals surface area (Å²) in [5, 5.41) is 16.7. The molecule has 1 rings (SSSR count). The van der Waals surface area contributed by atoms with Crippen molar-refractivity contribution in [1.82, 2.24) is 25.9 Å². The number of H-pyrrole nitrogens is 1. The molecule has 0 bridgehead atoms. The van der Waals surface area contributed by atoms with Crippen LogP contribution in [0.1, 0.15) is 45.2 Å². The molecule has 12 heteroatoms. The van der Waals surface area contributed by atoms with Gasteiger partial charge in [-0.05, 0) is 38.1 Å². The molecule has 0 radical (unpaired) electrons. The summed E-state index contributed by atoms with van der Waals surface area (Å²) in [6.07, 6.45) is 5.05. The van der Waals surface area contributed by atoms with Crippen LogP contribution in [-0.4, -0.2) is 70.0 Å². The normalized spacial score (nSPS) is 13.8. The van der Waals surface area contributed by atoms with Crippen molar-refractivity contribution in [2.75, 3.05) is 13.1 Å². The number of aromatic nitrogens is 2. The molecule has 0 aliphatic heterocycles. The summed E-state index contributed by atoms with van der Waals surface area (Å²) in [6.45, 7) is 3.81. The van der Waals surface area contributed by atoms with Crippen molar-refractivity contribution in [3.63, 3.8) is 0 Å². The number of carboxylic acids is 1. The number of nitrogens with two attached hydrogens (primary N) is 2. The zero-order valence-electron chi connectivity index (χ0n) is 18.6. The summed E-state index contributed by atoms with van der Waals surface area (Å²) < 4.78 is 0. The second-order valence-electron chi connectivity index (χ2n) is 8.04. The summed E-state index contributed by atoms with van der Waals surface area (Å²) >= 11 is 0. The number of amides is 3. The quantitative estimate of drug-likeness (QED) is 0.157. The van der Waals surface area contributed by atoms with Crippen LogP contribution in [0.2, 0.25) is 0 Å². The van der Waals surface area contributed by atoms with Gasteiger partial charge >= 0.3 is 5.97 Å². The number of nitrogens with zero attached hydrogens (tertiary/aromatic N) is 1. The van der Waals surface area contributed by atoms with E-state index >= 15 is 0 Å². The van der Waals surface area contributed by atoms with Crippen LogP contribution in [0.4, 0.5) is 0 Å². The van der Waals surface area contributed by atoms with E-state index in [9.17, 15) is 24.3 Å². The molecular formula is C20H35N7O5. The zero-order chi connectivity index (χ0) is 24.1. The summed E-state index contributed by atoms with van der Waals surface area (Å²) in [7, 11) is 0. The van der Waals surface area contributed by atoms with Gasteiger partial charge in [0, 0.05) is 18.3 Å². The Kier molecular flexibility index (Phi) is 12.0. The number of hydrogen-bond donors (Lipinski definition) is 7. The van der Waals surface area contributed by atoms with Crippen LogP contribution >= 0.6 is 0 Å². The van der Waals surface area contributed by atoms with Gasteiger partial charge in [0.2, 0.25) is 17.7 Å². The van der Waals surface area contributed by atoms with E-state index in [0.29, 0.717) is 31.5 Å². The SMILES string of the molecule is CC(C)CC(NC(=O)C(N)Cc1cnc[nH]1)C(=O)NCC(=O)NC(CCCCN)C(=O)O. The van der Waals surface area contributed by atoms with Crippen molar-refractivity contribution in [1.29, 1.82) is 0 Å². The molecule has 180 valence electrons. The number of rotatable bonds is 15. The third-order valence-electron chi connectivity index (χ3n) is 4.67. The fourth-order valence-corrected chi connectivity index (χ4v) is 2.99. The molecule has 0 aliphatic carbocycles. The van der Waals surface area contributed by atoms with Gasteiger partial charge in [-0.25, -0.2) is 9.78 Å². The lowest BCUT2D eigenvalue weighted by Gasteiger charge is -2.22. The third-order valence-corrected chi connectivity index (χ3v) is 4.67. The monoisotopic (exact) mass is 453 g/mol. The lowest BCUT2D eigenvalue weighted by atomic mass is 10.0. The molecule has 3 atom stereocenters. The molecule has 12 nitrogen and oxygen atoms in total. The molecule has 0 fully saturated rings. The number of nitrogens with one attached hydrogen (secondary N) is 4. The standard InChI is InChI=1S/C20H35N7O5/c1-12(2)7-16(27-18(29)14(22)8-13-9-23-11-25-13)19(30)24-10-17(28)26-15(20(31)32)5-3-4-6-21/h9,11-12,14-16H,3-8,10,21-22H2,1-2H3,(H,23,25)(H,24,30)(H,26,28)(H,27,29)(H,31,32). The number of carboxylic acid groups (broad SMARTS) is 1. The average molecular weight is 454 g/mol. The lowest BCUT2D eigenvalue weighted by Crippen LogP contribution is -2.54. The van der Waals surface area contributed by atoms with Crippen molar-refractivity contribution in [3.05, 3.63) is 18.2 Å². The van der Waals surface area contributed by atoms with Gasteiger partial charge in [-0.1, -0.05) is 13.8 Å². The van der Waals surface area contributed by atoms with Crippen LogP contribution in [0.3, 0.4) is 0 Å². The van der Waals surface area contributed by atoms with Gasteiger partial charge in [-0.3, -0.25) is 14.4 Å². The van der Waals surface area contributed by atoms with Gasteiger partial charge in [0.25, 0.3) is 0 Å². The fourth-order valence-electron chi connectivity index (χ4n) is 2.99. The Morgan fingerprint density at radius 1 is 1.12 bits per heavy atom. The highest BCUT2D eigenvalue weighted by Gasteiger charge is 2.26. The molecule has 0 spiro atoms. The predicted octanol–water partition coefficient (Wildman–Crippen LogP) is -1.37. The molecule has 0 aliphatic rings. The average Bonchev–Trinajstić information content (AvgIpc) is 3.23. The summed E-state index contributed by atoms with van der Waals surface area (Å²) in [6, 6.07) is -2.83. The Hall–Kier alpha value is -2.99. The maximum atomic E-state index is 12.6. The van der Waals surface area contributed by atoms with Gasteiger partial charge in [-0.15, -0.1) is 0 Å². The van der Waals surface area contributed by atoms with Crippen molar-refractivity contribution >= 4 is 23.7 Å². The van der Waals surface area contributed by atoms with E-state index in [4.69, 9.17) is 11.5 Å². The smallest absolute Gasteiger partial charge is 0.326 e. The molecule has 0 saturated carbocycles. The first kappa shape index (κ1) is 27.0. The lowest BCUT2D eigenvalue weighted by molar-refractivity contribution is -0.142. The van der Waals surface area contributed by atoms with Gasteiger partial charge in [0.05, 0.1) is 18.9 Å². The second kappa shape index (κ2) is 14.1. The van der Waals surface area contributed by atoms with Gasteiger partial charge in [-0.2, -0.15) is 0 Å². The highest BCUT2D eigenvalue weighted by molar-refractivity contribution is 5.92. The Labute approximate surface area is 187 Å². The van der Waals surface area contributed by atoms with Crippen molar-refractivity contribution in [3.8, 4) is 0 Å². The molecule has 1 heterocycles. The van der Waals surface area contributed by atoms with E-state index in [2.05, 4.69) is 25.9 Å². The molecule has 32 heavy (non-hydrogen) atoms.